The van der Waals surface area contributed by atoms with Crippen LogP contribution in [0.5, 0.6) is 0 Å². The highest BCUT2D eigenvalue weighted by Crippen LogP contribution is 2.14. The third kappa shape index (κ3) is 3.00. The molecule has 0 unspecified atom stereocenters. The normalized spacial score (nSPS) is 12.2. The zero-order chi connectivity index (χ0) is 13.2. The maximum absolute atomic E-state index is 11.0. The van der Waals surface area contributed by atoms with Crippen molar-refractivity contribution in [3.05, 3.63) is 34.3 Å². The molecular formula is C13H18N2O3. The Kier molecular flexibility index (Phi) is 3.54. The summed E-state index contributed by atoms with van der Waals surface area (Å²) in [6, 6.07) is 5.61. The van der Waals surface area contributed by atoms with E-state index in [1.165, 1.54) is 0 Å². The van der Waals surface area contributed by atoms with E-state index in [4.69, 9.17) is 9.52 Å². The molecular weight excluding hydrogens is 232 g/mol. The summed E-state index contributed by atoms with van der Waals surface area (Å²) in [5.41, 5.74) is 2.19. The van der Waals surface area contributed by atoms with Crippen molar-refractivity contribution in [1.29, 1.82) is 0 Å². The summed E-state index contributed by atoms with van der Waals surface area (Å²) in [5, 5.41) is 12.3. The Morgan fingerprint density at radius 1 is 1.44 bits per heavy atom. The first-order chi connectivity index (χ1) is 8.50. The van der Waals surface area contributed by atoms with Crippen LogP contribution in [-0.4, -0.2) is 22.2 Å². The summed E-state index contributed by atoms with van der Waals surface area (Å²) in [6.45, 7) is 4.90. The van der Waals surface area contributed by atoms with Gasteiger partial charge in [-0.25, -0.2) is 4.79 Å². The van der Waals surface area contributed by atoms with Gasteiger partial charge < -0.3 is 14.8 Å². The number of rotatable bonds is 5. The Morgan fingerprint density at radius 2 is 2.22 bits per heavy atom. The highest BCUT2D eigenvalue weighted by atomic mass is 16.4. The minimum Gasteiger partial charge on any atom is -0.408 e. The van der Waals surface area contributed by atoms with Crippen LogP contribution in [0.15, 0.2) is 27.4 Å². The molecule has 0 fully saturated rings. The topological polar surface area (TPSA) is 78.3 Å². The molecule has 0 saturated carbocycles. The van der Waals surface area contributed by atoms with Gasteiger partial charge in [-0.1, -0.05) is 6.07 Å². The highest BCUT2D eigenvalue weighted by molar-refractivity contribution is 5.72. The predicted octanol–water partition coefficient (Wildman–Crippen LogP) is 1.37. The maximum atomic E-state index is 11.0. The molecule has 0 aliphatic carbocycles. The van der Waals surface area contributed by atoms with Crippen LogP contribution in [0.1, 0.15) is 25.8 Å². The molecule has 1 heterocycles. The van der Waals surface area contributed by atoms with E-state index in [1.807, 2.05) is 32.0 Å². The fraction of sp³-hybridized carbons (Fsp3) is 0.462. The predicted molar refractivity (Wildman–Crippen MR) is 69.5 cm³/mol. The highest BCUT2D eigenvalue weighted by Gasteiger charge is 2.15. The molecule has 18 heavy (non-hydrogen) atoms. The first-order valence-electron chi connectivity index (χ1n) is 5.98. The SMILES string of the molecule is CC(C)(CCO)NCc1ccc2[nH]c(=O)oc2c1. The van der Waals surface area contributed by atoms with Crippen molar-refractivity contribution in [2.24, 2.45) is 0 Å². The van der Waals surface area contributed by atoms with Crippen LogP contribution in [0.2, 0.25) is 0 Å². The summed E-state index contributed by atoms with van der Waals surface area (Å²) in [5.74, 6) is -0.435. The van der Waals surface area contributed by atoms with Gasteiger partial charge in [0, 0.05) is 18.7 Å². The molecule has 1 aromatic heterocycles. The number of hydrogen-bond acceptors (Lipinski definition) is 4. The molecule has 0 atom stereocenters. The molecule has 3 N–H and O–H groups in total. The van der Waals surface area contributed by atoms with Gasteiger partial charge in [-0.2, -0.15) is 0 Å². The maximum Gasteiger partial charge on any atom is 0.417 e. The van der Waals surface area contributed by atoms with Crippen molar-refractivity contribution < 1.29 is 9.52 Å². The van der Waals surface area contributed by atoms with Gasteiger partial charge >= 0.3 is 5.76 Å². The number of nitrogens with one attached hydrogen (secondary N) is 2. The second kappa shape index (κ2) is 4.96. The standard InChI is InChI=1S/C13H18N2O3/c1-13(2,5-6-16)14-8-9-3-4-10-11(7-9)18-12(17)15-10/h3-4,7,14,16H,5-6,8H2,1-2H3,(H,15,17). The van der Waals surface area contributed by atoms with Gasteiger partial charge in [0.1, 0.15) is 0 Å². The first kappa shape index (κ1) is 12.9. The van der Waals surface area contributed by atoms with Crippen LogP contribution in [0.3, 0.4) is 0 Å². The number of fused-ring (bicyclic) bond motifs is 1. The van der Waals surface area contributed by atoms with Gasteiger partial charge in [0.2, 0.25) is 0 Å². The van der Waals surface area contributed by atoms with Gasteiger partial charge in [0.05, 0.1) is 5.52 Å². The second-order valence-electron chi connectivity index (χ2n) is 5.06. The van der Waals surface area contributed by atoms with Crippen molar-refractivity contribution in [1.82, 2.24) is 10.3 Å². The minimum absolute atomic E-state index is 0.122. The van der Waals surface area contributed by atoms with Crippen molar-refractivity contribution in [2.75, 3.05) is 6.61 Å². The van der Waals surface area contributed by atoms with E-state index in [9.17, 15) is 4.79 Å². The number of oxazole rings is 1. The lowest BCUT2D eigenvalue weighted by molar-refractivity contribution is 0.230. The fourth-order valence-electron chi connectivity index (χ4n) is 1.81. The Balaban J connectivity index is 2.10. The van der Waals surface area contributed by atoms with E-state index in [1.54, 1.807) is 0 Å². The smallest absolute Gasteiger partial charge is 0.408 e. The Morgan fingerprint density at radius 3 is 2.94 bits per heavy atom. The number of aliphatic hydroxyl groups excluding tert-OH is 1. The Bertz CT molecular complexity index is 583. The number of benzene rings is 1. The van der Waals surface area contributed by atoms with E-state index >= 15 is 0 Å². The molecule has 0 aliphatic rings. The first-order valence-corrected chi connectivity index (χ1v) is 5.98. The monoisotopic (exact) mass is 250 g/mol. The zero-order valence-electron chi connectivity index (χ0n) is 10.6. The van der Waals surface area contributed by atoms with Gasteiger partial charge in [0.25, 0.3) is 0 Å². The molecule has 5 heteroatoms. The molecule has 5 nitrogen and oxygen atoms in total. The van der Waals surface area contributed by atoms with Crippen molar-refractivity contribution in [3.8, 4) is 0 Å². The molecule has 98 valence electrons. The molecule has 1 aromatic carbocycles. The molecule has 0 aliphatic heterocycles. The van der Waals surface area contributed by atoms with Gasteiger partial charge in [-0.3, -0.25) is 4.98 Å². The summed E-state index contributed by atoms with van der Waals surface area (Å²) in [4.78, 5) is 13.6. The van der Waals surface area contributed by atoms with Crippen LogP contribution in [0.4, 0.5) is 0 Å². The van der Waals surface area contributed by atoms with Gasteiger partial charge in [-0.15, -0.1) is 0 Å². The summed E-state index contributed by atoms with van der Waals surface area (Å²) < 4.78 is 5.01. The average Bonchev–Trinajstić information content (AvgIpc) is 2.65. The largest absolute Gasteiger partial charge is 0.417 e. The lowest BCUT2D eigenvalue weighted by Crippen LogP contribution is -2.39. The fourth-order valence-corrected chi connectivity index (χ4v) is 1.81. The lowest BCUT2D eigenvalue weighted by atomic mass is 10.0. The quantitative estimate of drug-likeness (QED) is 0.749. The number of aromatic amines is 1. The van der Waals surface area contributed by atoms with Crippen molar-refractivity contribution in [3.63, 3.8) is 0 Å². The number of aliphatic hydroxyl groups is 1. The Hall–Kier alpha value is -1.59. The third-order valence-electron chi connectivity index (χ3n) is 2.99. The van der Waals surface area contributed by atoms with E-state index in [0.717, 1.165) is 5.56 Å². The third-order valence-corrected chi connectivity index (χ3v) is 2.99. The van der Waals surface area contributed by atoms with E-state index in [-0.39, 0.29) is 12.1 Å². The minimum atomic E-state index is -0.435. The molecule has 0 saturated heterocycles. The molecule has 0 radical (unpaired) electrons. The van der Waals surface area contributed by atoms with Crippen LogP contribution < -0.4 is 11.1 Å². The van der Waals surface area contributed by atoms with Gasteiger partial charge in [0.15, 0.2) is 5.58 Å². The van der Waals surface area contributed by atoms with Crippen LogP contribution in [0.25, 0.3) is 11.1 Å². The van der Waals surface area contributed by atoms with Gasteiger partial charge in [-0.05, 0) is 38.0 Å². The molecule has 0 amide bonds. The molecule has 2 rings (SSSR count). The summed E-state index contributed by atoms with van der Waals surface area (Å²) in [6.07, 6.45) is 0.689. The van der Waals surface area contributed by atoms with Crippen molar-refractivity contribution in [2.45, 2.75) is 32.4 Å². The second-order valence-corrected chi connectivity index (χ2v) is 5.06. The number of H-pyrrole nitrogens is 1. The summed E-state index contributed by atoms with van der Waals surface area (Å²) >= 11 is 0. The van der Waals surface area contributed by atoms with Crippen LogP contribution >= 0.6 is 0 Å². The Labute approximate surface area is 105 Å². The average molecular weight is 250 g/mol. The molecule has 0 spiro atoms. The van der Waals surface area contributed by atoms with Crippen LogP contribution in [0, 0.1) is 0 Å². The number of hydrogen-bond donors (Lipinski definition) is 3. The summed E-state index contributed by atoms with van der Waals surface area (Å²) in [7, 11) is 0. The van der Waals surface area contributed by atoms with Crippen LogP contribution in [-0.2, 0) is 6.54 Å². The number of aromatic nitrogens is 1. The molecule has 2 aromatic rings. The molecule has 0 bridgehead atoms. The van der Waals surface area contributed by atoms with E-state index < -0.39 is 5.76 Å². The van der Waals surface area contributed by atoms with E-state index in [0.29, 0.717) is 24.1 Å². The zero-order valence-corrected chi connectivity index (χ0v) is 10.6. The lowest BCUT2D eigenvalue weighted by Gasteiger charge is -2.25. The van der Waals surface area contributed by atoms with Crippen molar-refractivity contribution >= 4 is 11.1 Å². The van der Waals surface area contributed by atoms with E-state index in [2.05, 4.69) is 10.3 Å².